The van der Waals surface area contributed by atoms with Crippen molar-refractivity contribution in [3.8, 4) is 0 Å². The Morgan fingerprint density at radius 3 is 0.692 bits per heavy atom. The van der Waals surface area contributed by atoms with E-state index in [4.69, 9.17) is 0 Å². The van der Waals surface area contributed by atoms with E-state index >= 15 is 0 Å². The molecule has 0 unspecified atom stereocenters. The first-order chi connectivity index (χ1) is 25.4. The van der Waals surface area contributed by atoms with Crippen molar-refractivity contribution >= 4 is 46.4 Å². The van der Waals surface area contributed by atoms with Gasteiger partial charge in [-0.05, 0) is 171 Å². The molecule has 258 valence electrons. The predicted molar refractivity (Wildman–Crippen MR) is 215 cm³/mol. The van der Waals surface area contributed by atoms with E-state index in [0.717, 1.165) is 44.8 Å². The molecular weight excluding hydrogens is 641 g/mol. The molecule has 2 aliphatic heterocycles. The fraction of sp³-hybridized carbons (Fsp3) is 0.0909. The summed E-state index contributed by atoms with van der Waals surface area (Å²) in [6.45, 7) is 8.17. The number of pyridine rings is 4. The average Bonchev–Trinajstić information content (AvgIpc) is 3.98. The van der Waals surface area contributed by atoms with E-state index in [9.17, 15) is 0 Å². The minimum absolute atomic E-state index is 0.939. The minimum atomic E-state index is 0.939. The summed E-state index contributed by atoms with van der Waals surface area (Å²) < 4.78 is 0. The Labute approximate surface area is 304 Å². The molecule has 8 bridgehead atoms. The maximum Gasteiger partial charge on any atom is 0.0658 e. The zero-order chi connectivity index (χ0) is 36.4. The van der Waals surface area contributed by atoms with Crippen molar-refractivity contribution in [2.75, 3.05) is 0 Å². The Balaban J connectivity index is 0.000000151. The lowest BCUT2D eigenvalue weighted by Crippen LogP contribution is -1.75. The van der Waals surface area contributed by atoms with Crippen LogP contribution in [0.25, 0.3) is 46.4 Å². The second-order valence-electron chi connectivity index (χ2n) is 12.0. The van der Waals surface area contributed by atoms with Crippen molar-refractivity contribution in [3.05, 3.63) is 192 Å². The minimum Gasteiger partial charge on any atom is -0.355 e. The second-order valence-corrected chi connectivity index (χ2v) is 12.0. The number of nitrogens with zero attached hydrogens (tertiary/aromatic N) is 6. The molecule has 7 aromatic heterocycles. The molecule has 9 heterocycles. The lowest BCUT2D eigenvalue weighted by molar-refractivity contribution is 1.29. The molecule has 0 radical (unpaired) electrons. The van der Waals surface area contributed by atoms with Crippen molar-refractivity contribution < 1.29 is 0 Å². The maximum absolute atomic E-state index is 4.63. The number of aryl methyl sites for hydroxylation is 4. The standard InChI is InChI=1S/C20H14N4.4C6H7N/c1-2-14-10-16-5-6-18(23-16)12-20-8-7-19(24-20)11-17-4-3-15(22-17)9-13(1)21-14;4*1-6-2-4-7-5-3-6/h1-12,21,24H;4*2-5H,1H3. The Bertz CT molecular complexity index is 2000. The van der Waals surface area contributed by atoms with E-state index < -0.39 is 0 Å². The molecule has 0 spiro atoms. The summed E-state index contributed by atoms with van der Waals surface area (Å²) in [5.41, 5.74) is 12.9. The van der Waals surface area contributed by atoms with Gasteiger partial charge < -0.3 is 9.97 Å². The third-order valence-electron chi connectivity index (χ3n) is 7.43. The first-order valence-corrected chi connectivity index (χ1v) is 16.9. The first-order valence-electron chi connectivity index (χ1n) is 16.9. The fourth-order valence-corrected chi connectivity index (χ4v) is 4.65. The molecule has 7 aromatic rings. The van der Waals surface area contributed by atoms with E-state index in [-0.39, 0.29) is 0 Å². The fourth-order valence-electron chi connectivity index (χ4n) is 4.65. The van der Waals surface area contributed by atoms with Crippen LogP contribution in [0.4, 0.5) is 0 Å². The van der Waals surface area contributed by atoms with Gasteiger partial charge in [0.25, 0.3) is 0 Å². The van der Waals surface area contributed by atoms with Crippen molar-refractivity contribution in [2.24, 2.45) is 0 Å². The van der Waals surface area contributed by atoms with Gasteiger partial charge in [-0.1, -0.05) is 0 Å². The summed E-state index contributed by atoms with van der Waals surface area (Å²) >= 11 is 0. The Hall–Kier alpha value is -6.80. The third kappa shape index (κ3) is 12.9. The van der Waals surface area contributed by atoms with E-state index in [2.05, 4.69) is 64.1 Å². The molecule has 0 fully saturated rings. The quantitative estimate of drug-likeness (QED) is 0.165. The number of hydrogen-bond acceptors (Lipinski definition) is 6. The Kier molecular flexibility index (Phi) is 13.6. The van der Waals surface area contributed by atoms with Gasteiger partial charge in [-0.2, -0.15) is 0 Å². The molecule has 52 heavy (non-hydrogen) atoms. The van der Waals surface area contributed by atoms with Crippen molar-refractivity contribution in [1.29, 1.82) is 0 Å². The Morgan fingerprint density at radius 1 is 0.308 bits per heavy atom. The van der Waals surface area contributed by atoms with Crippen molar-refractivity contribution in [2.45, 2.75) is 27.7 Å². The molecule has 2 N–H and O–H groups in total. The number of hydrogen-bond donors (Lipinski definition) is 2. The molecule has 8 heteroatoms. The molecule has 0 saturated heterocycles. The molecule has 0 saturated carbocycles. The molecule has 2 aliphatic rings. The molecule has 0 aromatic carbocycles. The van der Waals surface area contributed by atoms with Gasteiger partial charge in [-0.15, -0.1) is 0 Å². The number of aromatic amines is 2. The van der Waals surface area contributed by atoms with Crippen molar-refractivity contribution in [3.63, 3.8) is 0 Å². The van der Waals surface area contributed by atoms with Crippen LogP contribution in [0.3, 0.4) is 0 Å². The highest BCUT2D eigenvalue weighted by molar-refractivity contribution is 5.77. The normalized spacial score (nSPS) is 10.5. The van der Waals surface area contributed by atoms with Crippen LogP contribution in [0.5, 0.6) is 0 Å². The highest BCUT2D eigenvalue weighted by Crippen LogP contribution is 2.17. The van der Waals surface area contributed by atoms with Crippen LogP contribution in [0.1, 0.15) is 45.0 Å². The van der Waals surface area contributed by atoms with Crippen LogP contribution >= 0.6 is 0 Å². The molecule has 0 amide bonds. The lowest BCUT2D eigenvalue weighted by Gasteiger charge is -1.85. The zero-order valence-electron chi connectivity index (χ0n) is 29.8. The summed E-state index contributed by atoms with van der Waals surface area (Å²) in [7, 11) is 0. The molecule has 0 aliphatic carbocycles. The summed E-state index contributed by atoms with van der Waals surface area (Å²) in [6, 6.07) is 32.1. The van der Waals surface area contributed by atoms with Crippen LogP contribution < -0.4 is 0 Å². The average molecular weight is 683 g/mol. The number of H-pyrrole nitrogens is 2. The van der Waals surface area contributed by atoms with E-state index in [1.54, 1.807) is 49.6 Å². The first kappa shape index (κ1) is 36.5. The summed E-state index contributed by atoms with van der Waals surface area (Å²) in [5.74, 6) is 0. The highest BCUT2D eigenvalue weighted by Gasteiger charge is 2.01. The number of nitrogens with one attached hydrogen (secondary N) is 2. The zero-order valence-corrected chi connectivity index (χ0v) is 29.8. The van der Waals surface area contributed by atoms with Gasteiger partial charge in [-0.3, -0.25) is 19.9 Å². The summed E-state index contributed by atoms with van der Waals surface area (Å²) in [5, 5.41) is 0. The van der Waals surface area contributed by atoms with Crippen molar-refractivity contribution in [1.82, 2.24) is 39.9 Å². The van der Waals surface area contributed by atoms with Crippen LogP contribution in [0.15, 0.2) is 147 Å². The molecule has 0 atom stereocenters. The van der Waals surface area contributed by atoms with E-state index in [0.29, 0.717) is 0 Å². The van der Waals surface area contributed by atoms with Gasteiger partial charge >= 0.3 is 0 Å². The topological polar surface area (TPSA) is 109 Å². The SMILES string of the molecule is C1=Cc2cc3ccc(cc4nc(cc5ccc(cc1n2)[nH]5)C=C4)[nH]3.Cc1ccncc1.Cc1ccncc1.Cc1ccncc1.Cc1ccncc1. The largest absolute Gasteiger partial charge is 0.355 e. The molecular formula is C44H42N8. The molecule has 8 nitrogen and oxygen atoms in total. The second kappa shape index (κ2) is 19.4. The van der Waals surface area contributed by atoms with Crippen LogP contribution in [0.2, 0.25) is 0 Å². The van der Waals surface area contributed by atoms with Crippen LogP contribution in [0, 0.1) is 27.7 Å². The number of aromatic nitrogens is 8. The number of fused-ring (bicyclic) bond motifs is 8. The number of rotatable bonds is 0. The van der Waals surface area contributed by atoms with E-state index in [1.165, 1.54) is 22.3 Å². The van der Waals surface area contributed by atoms with Gasteiger partial charge in [0, 0.05) is 71.6 Å². The lowest BCUT2D eigenvalue weighted by atomic mass is 10.3. The smallest absolute Gasteiger partial charge is 0.0658 e. The molecule has 9 rings (SSSR count). The van der Waals surface area contributed by atoms with Gasteiger partial charge in [0.05, 0.1) is 22.8 Å². The maximum atomic E-state index is 4.63. The van der Waals surface area contributed by atoms with E-state index in [1.807, 2.05) is 125 Å². The Morgan fingerprint density at radius 2 is 0.519 bits per heavy atom. The van der Waals surface area contributed by atoms with Gasteiger partial charge in [0.2, 0.25) is 0 Å². The van der Waals surface area contributed by atoms with Crippen LogP contribution in [-0.2, 0) is 0 Å². The third-order valence-corrected chi connectivity index (χ3v) is 7.43. The van der Waals surface area contributed by atoms with Gasteiger partial charge in [0.1, 0.15) is 0 Å². The van der Waals surface area contributed by atoms with Crippen LogP contribution in [-0.4, -0.2) is 39.9 Å². The predicted octanol–water partition coefficient (Wildman–Crippen LogP) is 10.2. The van der Waals surface area contributed by atoms with Gasteiger partial charge in [-0.25, -0.2) is 9.97 Å². The summed E-state index contributed by atoms with van der Waals surface area (Å²) in [4.78, 5) is 31.4. The highest BCUT2D eigenvalue weighted by atomic mass is 14.8. The monoisotopic (exact) mass is 682 g/mol. The van der Waals surface area contributed by atoms with Gasteiger partial charge in [0.15, 0.2) is 0 Å². The summed E-state index contributed by atoms with van der Waals surface area (Å²) in [6.07, 6.45) is 22.4.